The van der Waals surface area contributed by atoms with Gasteiger partial charge in [0.15, 0.2) is 11.6 Å². The van der Waals surface area contributed by atoms with Crippen molar-refractivity contribution in [1.82, 2.24) is 15.0 Å². The Labute approximate surface area is 134 Å². The molecule has 114 valence electrons. The molecule has 0 radical (unpaired) electrons. The number of benzene rings is 2. The van der Waals surface area contributed by atoms with Gasteiger partial charge in [-0.05, 0) is 30.7 Å². The number of hydrogen-bond acceptors (Lipinski definition) is 5. The molecule has 0 aliphatic rings. The van der Waals surface area contributed by atoms with Gasteiger partial charge in [0.25, 0.3) is 0 Å². The van der Waals surface area contributed by atoms with Gasteiger partial charge in [0.1, 0.15) is 5.75 Å². The van der Waals surface area contributed by atoms with E-state index in [1.54, 1.807) is 30.3 Å². The first kappa shape index (κ1) is 14.7. The molecule has 3 rings (SSSR count). The zero-order valence-corrected chi connectivity index (χ0v) is 12.6. The minimum atomic E-state index is 0.103. The lowest BCUT2D eigenvalue weighted by molar-refractivity contribution is 0.477. The van der Waals surface area contributed by atoms with Gasteiger partial charge >= 0.3 is 0 Å². The number of para-hydroxylation sites is 1. The maximum Gasteiger partial charge on any atom is 0.224 e. The first-order valence-corrected chi connectivity index (χ1v) is 7.16. The Kier molecular flexibility index (Phi) is 4.01. The van der Waals surface area contributed by atoms with Crippen molar-refractivity contribution in [3.05, 3.63) is 65.5 Å². The molecule has 23 heavy (non-hydrogen) atoms. The molecule has 0 atom stereocenters. The fourth-order valence-corrected chi connectivity index (χ4v) is 2.12. The number of phenols is 1. The van der Waals surface area contributed by atoms with Gasteiger partial charge in [-0.15, -0.1) is 0 Å². The topological polar surface area (TPSA) is 84.9 Å². The van der Waals surface area contributed by atoms with Crippen LogP contribution in [0.4, 0.5) is 5.95 Å². The van der Waals surface area contributed by atoms with Crippen molar-refractivity contribution >= 4 is 18.1 Å². The molecule has 3 N–H and O–H groups in total. The van der Waals surface area contributed by atoms with Crippen LogP contribution in [0.1, 0.15) is 17.0 Å². The molecule has 0 aliphatic carbocycles. The van der Waals surface area contributed by atoms with Crippen LogP contribution in [-0.4, -0.2) is 20.1 Å². The van der Waals surface area contributed by atoms with Crippen LogP contribution in [0.3, 0.4) is 0 Å². The molecule has 5 heteroatoms. The van der Waals surface area contributed by atoms with Gasteiger partial charge < -0.3 is 10.8 Å². The number of nitrogens with two attached hydrogens (primary N) is 1. The van der Waals surface area contributed by atoms with E-state index in [0.29, 0.717) is 17.2 Å². The Morgan fingerprint density at radius 2 is 1.65 bits per heavy atom. The third kappa shape index (κ3) is 3.52. The van der Waals surface area contributed by atoms with Gasteiger partial charge in [-0.1, -0.05) is 48.0 Å². The number of hydrogen-bond donors (Lipinski definition) is 2. The number of anilines is 1. The SMILES string of the molecule is Cc1ccc(/C=C/c2nc(N)nc(-c3ccccc3O)n2)cc1. The van der Waals surface area contributed by atoms with Crippen molar-refractivity contribution in [3.63, 3.8) is 0 Å². The molecule has 0 aliphatic heterocycles. The maximum absolute atomic E-state index is 9.92. The molecule has 0 unspecified atom stereocenters. The summed E-state index contributed by atoms with van der Waals surface area (Å²) >= 11 is 0. The molecule has 0 saturated carbocycles. The van der Waals surface area contributed by atoms with E-state index in [9.17, 15) is 5.11 Å². The van der Waals surface area contributed by atoms with E-state index >= 15 is 0 Å². The maximum atomic E-state index is 9.92. The number of aromatic nitrogens is 3. The standard InChI is InChI=1S/C18H16N4O/c1-12-6-8-13(9-7-12)10-11-16-20-17(22-18(19)21-16)14-4-2-3-5-15(14)23/h2-11,23H,1H3,(H2,19,20,21,22)/b11-10+. The second kappa shape index (κ2) is 6.27. The zero-order valence-electron chi connectivity index (χ0n) is 12.6. The third-order valence-corrected chi connectivity index (χ3v) is 3.32. The van der Waals surface area contributed by atoms with E-state index in [-0.39, 0.29) is 11.7 Å². The van der Waals surface area contributed by atoms with Crippen molar-refractivity contribution in [3.8, 4) is 17.1 Å². The average Bonchev–Trinajstić information content (AvgIpc) is 2.54. The van der Waals surface area contributed by atoms with E-state index in [1.807, 2.05) is 37.3 Å². The summed E-state index contributed by atoms with van der Waals surface area (Å²) in [5, 5.41) is 9.92. The lowest BCUT2D eigenvalue weighted by Crippen LogP contribution is -2.02. The van der Waals surface area contributed by atoms with Gasteiger partial charge in [0.2, 0.25) is 5.95 Å². The van der Waals surface area contributed by atoms with Crippen LogP contribution in [0.2, 0.25) is 0 Å². The fourth-order valence-electron chi connectivity index (χ4n) is 2.12. The molecule has 3 aromatic rings. The van der Waals surface area contributed by atoms with E-state index in [4.69, 9.17) is 5.73 Å². The van der Waals surface area contributed by atoms with Gasteiger partial charge in [0, 0.05) is 0 Å². The Balaban J connectivity index is 1.95. The molecule has 5 nitrogen and oxygen atoms in total. The van der Waals surface area contributed by atoms with Crippen LogP contribution >= 0.6 is 0 Å². The van der Waals surface area contributed by atoms with Gasteiger partial charge in [-0.25, -0.2) is 4.98 Å². The minimum Gasteiger partial charge on any atom is -0.507 e. The smallest absolute Gasteiger partial charge is 0.224 e. The Morgan fingerprint density at radius 3 is 2.39 bits per heavy atom. The molecule has 0 saturated heterocycles. The van der Waals surface area contributed by atoms with Gasteiger partial charge in [-0.2, -0.15) is 9.97 Å². The summed E-state index contributed by atoms with van der Waals surface area (Å²) in [5.41, 5.74) is 8.52. The number of aryl methyl sites for hydroxylation is 1. The van der Waals surface area contributed by atoms with E-state index < -0.39 is 0 Å². The summed E-state index contributed by atoms with van der Waals surface area (Å²) in [6, 6.07) is 15.0. The second-order valence-corrected chi connectivity index (χ2v) is 5.14. The summed E-state index contributed by atoms with van der Waals surface area (Å²) in [6.07, 6.45) is 3.68. The molecule has 0 bridgehead atoms. The Morgan fingerprint density at radius 1 is 0.913 bits per heavy atom. The highest BCUT2D eigenvalue weighted by Crippen LogP contribution is 2.26. The molecule has 1 heterocycles. The molecule has 1 aromatic heterocycles. The Hall–Kier alpha value is -3.21. The van der Waals surface area contributed by atoms with Crippen LogP contribution in [0.15, 0.2) is 48.5 Å². The lowest BCUT2D eigenvalue weighted by Gasteiger charge is -2.04. The van der Waals surface area contributed by atoms with Crippen molar-refractivity contribution in [2.24, 2.45) is 0 Å². The number of aromatic hydroxyl groups is 1. The monoisotopic (exact) mass is 304 g/mol. The minimum absolute atomic E-state index is 0.103. The second-order valence-electron chi connectivity index (χ2n) is 5.14. The highest BCUT2D eigenvalue weighted by Gasteiger charge is 2.09. The van der Waals surface area contributed by atoms with Crippen LogP contribution < -0.4 is 5.73 Å². The number of nitrogen functional groups attached to an aromatic ring is 1. The normalized spacial score (nSPS) is 11.0. The first-order chi connectivity index (χ1) is 11.1. The van der Waals surface area contributed by atoms with Crippen molar-refractivity contribution < 1.29 is 5.11 Å². The number of phenolic OH excluding ortho intramolecular Hbond substituents is 1. The molecule has 0 fully saturated rings. The predicted molar refractivity (Wildman–Crippen MR) is 91.4 cm³/mol. The third-order valence-electron chi connectivity index (χ3n) is 3.32. The van der Waals surface area contributed by atoms with Crippen molar-refractivity contribution in [2.45, 2.75) is 6.92 Å². The molecule has 0 spiro atoms. The molecule has 2 aromatic carbocycles. The van der Waals surface area contributed by atoms with Crippen LogP contribution in [0.5, 0.6) is 5.75 Å². The van der Waals surface area contributed by atoms with E-state index in [2.05, 4.69) is 15.0 Å². The number of rotatable bonds is 3. The van der Waals surface area contributed by atoms with E-state index in [0.717, 1.165) is 5.56 Å². The zero-order chi connectivity index (χ0) is 16.2. The van der Waals surface area contributed by atoms with Crippen molar-refractivity contribution in [2.75, 3.05) is 5.73 Å². The van der Waals surface area contributed by atoms with Crippen LogP contribution in [0.25, 0.3) is 23.5 Å². The summed E-state index contributed by atoms with van der Waals surface area (Å²) in [6.45, 7) is 2.04. The quantitative estimate of drug-likeness (QED) is 0.775. The highest BCUT2D eigenvalue weighted by molar-refractivity contribution is 5.69. The molecule has 0 amide bonds. The van der Waals surface area contributed by atoms with Crippen molar-refractivity contribution in [1.29, 1.82) is 0 Å². The Bertz CT molecular complexity index is 857. The average molecular weight is 304 g/mol. The fraction of sp³-hybridized carbons (Fsp3) is 0.0556. The van der Waals surface area contributed by atoms with Gasteiger partial charge in [-0.3, -0.25) is 0 Å². The summed E-state index contributed by atoms with van der Waals surface area (Å²) in [5.74, 6) is 1.00. The van der Waals surface area contributed by atoms with Gasteiger partial charge in [0.05, 0.1) is 5.56 Å². The first-order valence-electron chi connectivity index (χ1n) is 7.16. The summed E-state index contributed by atoms with van der Waals surface area (Å²) in [4.78, 5) is 12.6. The predicted octanol–water partition coefficient (Wildman–Crippen LogP) is 3.31. The lowest BCUT2D eigenvalue weighted by atomic mass is 10.1. The van der Waals surface area contributed by atoms with Crippen LogP contribution in [0, 0.1) is 6.92 Å². The van der Waals surface area contributed by atoms with E-state index in [1.165, 1.54) is 5.56 Å². The highest BCUT2D eigenvalue weighted by atomic mass is 16.3. The number of nitrogens with zero attached hydrogens (tertiary/aromatic N) is 3. The summed E-state index contributed by atoms with van der Waals surface area (Å²) in [7, 11) is 0. The molecular weight excluding hydrogens is 288 g/mol. The van der Waals surface area contributed by atoms with Crippen LogP contribution in [-0.2, 0) is 0 Å². The largest absolute Gasteiger partial charge is 0.507 e. The molecular formula is C18H16N4O. The summed E-state index contributed by atoms with van der Waals surface area (Å²) < 4.78 is 0.